The molecule has 0 unspecified atom stereocenters. The summed E-state index contributed by atoms with van der Waals surface area (Å²) >= 11 is 6.85. The fourth-order valence-electron chi connectivity index (χ4n) is 5.08. The number of halogens is 1. The van der Waals surface area contributed by atoms with Gasteiger partial charge >= 0.3 is 0 Å². The van der Waals surface area contributed by atoms with Crippen LogP contribution in [0.2, 0.25) is 5.02 Å². The highest BCUT2D eigenvalue weighted by atomic mass is 35.5. The highest BCUT2D eigenvalue weighted by Crippen LogP contribution is 2.36. The predicted octanol–water partition coefficient (Wildman–Crippen LogP) is 6.88. The van der Waals surface area contributed by atoms with Gasteiger partial charge in [-0.25, -0.2) is 0 Å². The second kappa shape index (κ2) is 10.7. The fourth-order valence-corrected chi connectivity index (χ4v) is 6.04. The molecule has 2 amide bonds. The van der Waals surface area contributed by atoms with Gasteiger partial charge in [0, 0.05) is 35.6 Å². The molecule has 1 aromatic heterocycles. The summed E-state index contributed by atoms with van der Waals surface area (Å²) in [6.45, 7) is 5.63. The quantitative estimate of drug-likeness (QED) is 0.189. The lowest BCUT2D eigenvalue weighted by Crippen LogP contribution is -2.30. The number of benzene rings is 2. The first-order valence-electron chi connectivity index (χ1n) is 12.5. The third-order valence-electron chi connectivity index (χ3n) is 7.00. The highest BCUT2D eigenvalue weighted by molar-refractivity contribution is 8.18. The summed E-state index contributed by atoms with van der Waals surface area (Å²) in [6.07, 6.45) is 4.93. The van der Waals surface area contributed by atoms with E-state index in [1.807, 2.05) is 36.6 Å². The van der Waals surface area contributed by atoms with Crippen molar-refractivity contribution in [1.82, 2.24) is 9.47 Å². The van der Waals surface area contributed by atoms with Gasteiger partial charge in [0.05, 0.1) is 22.1 Å². The Morgan fingerprint density at radius 1 is 1.03 bits per heavy atom. The lowest BCUT2D eigenvalue weighted by molar-refractivity contribution is -0.384. The van der Waals surface area contributed by atoms with Crippen molar-refractivity contribution in [2.75, 3.05) is 18.0 Å². The summed E-state index contributed by atoms with van der Waals surface area (Å²) in [5.41, 5.74) is 4.70. The first-order chi connectivity index (χ1) is 18.2. The van der Waals surface area contributed by atoms with E-state index in [1.165, 1.54) is 4.90 Å². The zero-order chi connectivity index (χ0) is 27.0. The topological polar surface area (TPSA) is 88.7 Å². The van der Waals surface area contributed by atoms with Crippen LogP contribution < -0.4 is 4.90 Å². The number of thioether (sulfide) groups is 1. The van der Waals surface area contributed by atoms with Crippen LogP contribution in [0.5, 0.6) is 0 Å². The molecular formula is C28H27ClN4O4S. The number of nitrogens with zero attached hydrogens (tertiary/aromatic N) is 4. The summed E-state index contributed by atoms with van der Waals surface area (Å²) in [4.78, 5) is 41.0. The Kier molecular flexibility index (Phi) is 7.32. The van der Waals surface area contributed by atoms with Gasteiger partial charge in [-0.15, -0.1) is 0 Å². The molecule has 0 bridgehead atoms. The molecule has 38 heavy (non-hydrogen) atoms. The fraction of sp³-hybridized carbons (Fsp3) is 0.286. The molecule has 2 aromatic carbocycles. The van der Waals surface area contributed by atoms with E-state index >= 15 is 0 Å². The summed E-state index contributed by atoms with van der Waals surface area (Å²) in [5, 5.41) is 12.2. The standard InChI is InChI=1S/C28H27ClN4O4S/c1-18-14-21(15-26-27(34)31(28(35)38-26)17-20-6-8-22(29)9-7-20)19(2)32(18)23-10-11-24(25(16-23)33(36)37)30-12-4-3-5-13-30/h6-11,14-16H,3-5,12-13,17H2,1-2H3/b26-15-. The number of aromatic nitrogens is 1. The summed E-state index contributed by atoms with van der Waals surface area (Å²) in [6, 6.07) is 14.3. The number of hydrogen-bond donors (Lipinski definition) is 0. The second-order valence-electron chi connectivity index (χ2n) is 9.53. The van der Waals surface area contributed by atoms with Crippen molar-refractivity contribution in [3.05, 3.63) is 91.1 Å². The van der Waals surface area contributed by atoms with Crippen LogP contribution in [-0.4, -0.2) is 38.6 Å². The minimum absolute atomic E-state index is 0.0850. The molecule has 196 valence electrons. The van der Waals surface area contributed by atoms with E-state index < -0.39 is 0 Å². The van der Waals surface area contributed by atoms with Gasteiger partial charge in [0.1, 0.15) is 5.69 Å². The molecule has 0 aliphatic carbocycles. The number of rotatable bonds is 6. The highest BCUT2D eigenvalue weighted by Gasteiger charge is 2.35. The molecular weight excluding hydrogens is 524 g/mol. The predicted molar refractivity (Wildman–Crippen MR) is 151 cm³/mol. The van der Waals surface area contributed by atoms with Crippen molar-refractivity contribution in [2.45, 2.75) is 39.7 Å². The van der Waals surface area contributed by atoms with Gasteiger partial charge in [0.15, 0.2) is 0 Å². The first kappa shape index (κ1) is 26.1. The Labute approximate surface area is 230 Å². The number of hydrogen-bond acceptors (Lipinski definition) is 6. The molecule has 2 aliphatic heterocycles. The van der Waals surface area contributed by atoms with Crippen molar-refractivity contribution in [2.24, 2.45) is 0 Å². The summed E-state index contributed by atoms with van der Waals surface area (Å²) in [5.74, 6) is -0.346. The zero-order valence-electron chi connectivity index (χ0n) is 21.1. The van der Waals surface area contributed by atoms with Crippen LogP contribution in [0.25, 0.3) is 11.8 Å². The molecule has 3 heterocycles. The number of imide groups is 1. The SMILES string of the molecule is Cc1cc(/C=C2\SC(=O)N(Cc3ccc(Cl)cc3)C2=O)c(C)n1-c1ccc(N2CCCCC2)c([N+](=O)[O-])c1. The van der Waals surface area contributed by atoms with Crippen LogP contribution in [0.1, 0.15) is 41.8 Å². The van der Waals surface area contributed by atoms with Gasteiger partial charge in [-0.2, -0.15) is 0 Å². The number of aryl methyl sites for hydroxylation is 1. The van der Waals surface area contributed by atoms with E-state index in [0.29, 0.717) is 21.3 Å². The molecule has 0 spiro atoms. The second-order valence-corrected chi connectivity index (χ2v) is 11.0. The number of nitro benzene ring substituents is 1. The van der Waals surface area contributed by atoms with Crippen LogP contribution in [0.3, 0.4) is 0 Å². The minimum atomic E-state index is -0.346. The zero-order valence-corrected chi connectivity index (χ0v) is 22.7. The van der Waals surface area contributed by atoms with E-state index in [4.69, 9.17) is 11.6 Å². The molecule has 5 rings (SSSR count). The van der Waals surface area contributed by atoms with Crippen LogP contribution in [0.4, 0.5) is 16.2 Å². The van der Waals surface area contributed by atoms with Crippen LogP contribution >= 0.6 is 23.4 Å². The normalized spacial score (nSPS) is 17.1. The molecule has 10 heteroatoms. The third-order valence-corrected chi connectivity index (χ3v) is 8.15. The van der Waals surface area contributed by atoms with Gasteiger partial charge in [-0.3, -0.25) is 24.6 Å². The number of carbonyl (C=O) groups excluding carboxylic acids is 2. The molecule has 2 saturated heterocycles. The molecule has 2 aliphatic rings. The molecule has 0 atom stereocenters. The van der Waals surface area contributed by atoms with Crippen molar-refractivity contribution < 1.29 is 14.5 Å². The maximum atomic E-state index is 13.1. The van der Waals surface area contributed by atoms with E-state index in [0.717, 1.165) is 66.6 Å². The molecule has 3 aromatic rings. The monoisotopic (exact) mass is 550 g/mol. The number of nitro groups is 1. The van der Waals surface area contributed by atoms with Gasteiger partial charge < -0.3 is 9.47 Å². The molecule has 2 fully saturated rings. The van der Waals surface area contributed by atoms with Gasteiger partial charge in [0.25, 0.3) is 16.8 Å². The Bertz CT molecular complexity index is 1460. The van der Waals surface area contributed by atoms with E-state index in [2.05, 4.69) is 4.90 Å². The Hall–Kier alpha value is -3.56. The Morgan fingerprint density at radius 3 is 2.42 bits per heavy atom. The Morgan fingerprint density at radius 2 is 1.74 bits per heavy atom. The summed E-state index contributed by atoms with van der Waals surface area (Å²) < 4.78 is 1.94. The smallest absolute Gasteiger partial charge is 0.294 e. The van der Waals surface area contributed by atoms with Crippen molar-refractivity contribution >= 4 is 52.0 Å². The molecule has 0 N–H and O–H groups in total. The van der Waals surface area contributed by atoms with Crippen LogP contribution in [0, 0.1) is 24.0 Å². The maximum absolute atomic E-state index is 13.1. The van der Waals surface area contributed by atoms with Crippen molar-refractivity contribution in [3.8, 4) is 5.69 Å². The number of amides is 2. The first-order valence-corrected chi connectivity index (χ1v) is 13.6. The maximum Gasteiger partial charge on any atom is 0.294 e. The average molecular weight is 551 g/mol. The number of anilines is 1. The lowest BCUT2D eigenvalue weighted by atomic mass is 10.1. The van der Waals surface area contributed by atoms with Gasteiger partial charge in [0.2, 0.25) is 0 Å². The van der Waals surface area contributed by atoms with E-state index in [-0.39, 0.29) is 28.3 Å². The largest absolute Gasteiger partial charge is 0.366 e. The molecule has 0 radical (unpaired) electrons. The van der Waals surface area contributed by atoms with Crippen LogP contribution in [0.15, 0.2) is 53.4 Å². The molecule has 0 saturated carbocycles. The van der Waals surface area contributed by atoms with E-state index in [9.17, 15) is 19.7 Å². The lowest BCUT2D eigenvalue weighted by Gasteiger charge is -2.28. The van der Waals surface area contributed by atoms with Crippen molar-refractivity contribution in [3.63, 3.8) is 0 Å². The minimum Gasteiger partial charge on any atom is -0.366 e. The van der Waals surface area contributed by atoms with Crippen molar-refractivity contribution in [1.29, 1.82) is 0 Å². The third kappa shape index (κ3) is 5.08. The number of piperidine rings is 1. The summed E-state index contributed by atoms with van der Waals surface area (Å²) in [7, 11) is 0. The van der Waals surface area contributed by atoms with E-state index in [1.54, 1.807) is 36.4 Å². The number of carbonyl (C=O) groups is 2. The van der Waals surface area contributed by atoms with Crippen LogP contribution in [-0.2, 0) is 11.3 Å². The Balaban J connectivity index is 1.43. The molecule has 8 nitrogen and oxygen atoms in total. The van der Waals surface area contributed by atoms with Gasteiger partial charge in [-0.1, -0.05) is 23.7 Å². The van der Waals surface area contributed by atoms with Gasteiger partial charge in [-0.05, 0) is 92.4 Å². The average Bonchev–Trinajstić information content (AvgIpc) is 3.34.